The molecule has 0 saturated heterocycles. The molecule has 0 aliphatic carbocycles. The van der Waals surface area contributed by atoms with Gasteiger partial charge in [0.1, 0.15) is 5.82 Å². The second kappa shape index (κ2) is 5.88. The van der Waals surface area contributed by atoms with Gasteiger partial charge in [-0.1, -0.05) is 11.6 Å². The summed E-state index contributed by atoms with van der Waals surface area (Å²) in [6.07, 6.45) is 1.50. The number of nitrogens with one attached hydrogen (secondary N) is 1. The summed E-state index contributed by atoms with van der Waals surface area (Å²) in [5, 5.41) is 2.80. The van der Waals surface area contributed by atoms with Crippen molar-refractivity contribution in [3.8, 4) is 0 Å². The third-order valence-electron chi connectivity index (χ3n) is 2.76. The van der Waals surface area contributed by atoms with Crippen LogP contribution in [0.2, 0.25) is 5.02 Å². The molecular formula is C14H12ClFN2O2. The first-order valence-corrected chi connectivity index (χ1v) is 6.36. The van der Waals surface area contributed by atoms with E-state index in [1.54, 1.807) is 0 Å². The Labute approximate surface area is 119 Å². The Morgan fingerprint density at radius 3 is 2.80 bits per heavy atom. The zero-order valence-electron chi connectivity index (χ0n) is 10.7. The first-order valence-electron chi connectivity index (χ1n) is 5.98. The number of aryl methyl sites for hydroxylation is 1. The second-order valence-corrected chi connectivity index (χ2v) is 4.56. The number of hydrogen-bond donors (Lipinski definition) is 1. The first-order chi connectivity index (χ1) is 9.51. The molecule has 104 valence electrons. The number of benzene rings is 1. The molecule has 0 aliphatic heterocycles. The molecule has 0 aliphatic rings. The Morgan fingerprint density at radius 1 is 1.35 bits per heavy atom. The summed E-state index contributed by atoms with van der Waals surface area (Å²) in [7, 11) is 0. The van der Waals surface area contributed by atoms with Gasteiger partial charge in [0, 0.05) is 23.8 Å². The number of carbonyl (C=O) groups excluding carboxylic acids is 1. The molecule has 0 fully saturated rings. The predicted molar refractivity (Wildman–Crippen MR) is 75.7 cm³/mol. The summed E-state index contributed by atoms with van der Waals surface area (Å²) < 4.78 is 15.0. The Hall–Kier alpha value is -2.14. The van der Waals surface area contributed by atoms with E-state index in [0.717, 1.165) is 6.07 Å². The van der Waals surface area contributed by atoms with Crippen LogP contribution in [0.15, 0.2) is 41.3 Å². The monoisotopic (exact) mass is 294 g/mol. The fourth-order valence-electron chi connectivity index (χ4n) is 1.72. The minimum absolute atomic E-state index is 0.147. The zero-order valence-corrected chi connectivity index (χ0v) is 11.4. The molecule has 0 saturated carbocycles. The van der Waals surface area contributed by atoms with Crippen LogP contribution in [0, 0.1) is 5.82 Å². The molecule has 0 atom stereocenters. The average molecular weight is 295 g/mol. The molecule has 20 heavy (non-hydrogen) atoms. The molecule has 2 rings (SSSR count). The molecule has 1 aromatic heterocycles. The maximum Gasteiger partial charge on any atom is 0.258 e. The van der Waals surface area contributed by atoms with Gasteiger partial charge in [0.2, 0.25) is 0 Å². The number of carbonyl (C=O) groups is 1. The molecule has 1 aromatic carbocycles. The second-order valence-electron chi connectivity index (χ2n) is 4.12. The van der Waals surface area contributed by atoms with Crippen molar-refractivity contribution in [3.63, 3.8) is 0 Å². The molecule has 1 heterocycles. The number of nitrogens with zero attached hydrogens (tertiary/aromatic N) is 1. The SMILES string of the molecule is CCn1cc(NC(=O)c2cc(Cl)ccc2F)ccc1=O. The van der Waals surface area contributed by atoms with E-state index in [1.807, 2.05) is 6.92 Å². The number of amides is 1. The van der Waals surface area contributed by atoms with E-state index in [1.165, 1.54) is 35.0 Å². The highest BCUT2D eigenvalue weighted by atomic mass is 35.5. The number of pyridine rings is 1. The van der Waals surface area contributed by atoms with Crippen LogP contribution in [0.5, 0.6) is 0 Å². The van der Waals surface area contributed by atoms with E-state index < -0.39 is 11.7 Å². The number of anilines is 1. The Balaban J connectivity index is 2.28. The summed E-state index contributed by atoms with van der Waals surface area (Å²) in [6, 6.07) is 6.56. The molecule has 1 N–H and O–H groups in total. The van der Waals surface area contributed by atoms with Gasteiger partial charge in [-0.25, -0.2) is 4.39 Å². The molecule has 1 amide bonds. The third-order valence-corrected chi connectivity index (χ3v) is 2.99. The van der Waals surface area contributed by atoms with Crippen LogP contribution in [0.4, 0.5) is 10.1 Å². The fourth-order valence-corrected chi connectivity index (χ4v) is 1.89. The minimum atomic E-state index is -0.657. The summed E-state index contributed by atoms with van der Waals surface area (Å²) in [5.74, 6) is -1.28. The lowest BCUT2D eigenvalue weighted by molar-refractivity contribution is 0.102. The first kappa shape index (κ1) is 14.3. The summed E-state index contributed by atoms with van der Waals surface area (Å²) >= 11 is 5.74. The van der Waals surface area contributed by atoms with E-state index in [2.05, 4.69) is 5.32 Å². The van der Waals surface area contributed by atoms with Crippen LogP contribution in [-0.4, -0.2) is 10.5 Å². The lowest BCUT2D eigenvalue weighted by Gasteiger charge is -2.08. The smallest absolute Gasteiger partial charge is 0.258 e. The molecule has 0 radical (unpaired) electrons. The van der Waals surface area contributed by atoms with Gasteiger partial charge in [0.05, 0.1) is 11.3 Å². The van der Waals surface area contributed by atoms with Crippen molar-refractivity contribution >= 4 is 23.2 Å². The van der Waals surface area contributed by atoms with Gasteiger partial charge in [-0.2, -0.15) is 0 Å². The number of aromatic nitrogens is 1. The van der Waals surface area contributed by atoms with Crippen molar-refractivity contribution in [3.05, 3.63) is 63.3 Å². The number of hydrogen-bond acceptors (Lipinski definition) is 2. The Bertz CT molecular complexity index is 713. The van der Waals surface area contributed by atoms with Gasteiger partial charge in [0.15, 0.2) is 0 Å². The van der Waals surface area contributed by atoms with E-state index in [4.69, 9.17) is 11.6 Å². The summed E-state index contributed by atoms with van der Waals surface area (Å²) in [6.45, 7) is 2.29. The van der Waals surface area contributed by atoms with Crippen LogP contribution >= 0.6 is 11.6 Å². The van der Waals surface area contributed by atoms with Crippen molar-refractivity contribution in [1.82, 2.24) is 4.57 Å². The van der Waals surface area contributed by atoms with Gasteiger partial charge >= 0.3 is 0 Å². The highest BCUT2D eigenvalue weighted by molar-refractivity contribution is 6.31. The van der Waals surface area contributed by atoms with Gasteiger partial charge in [-0.05, 0) is 31.2 Å². The number of rotatable bonds is 3. The van der Waals surface area contributed by atoms with Crippen molar-refractivity contribution in [1.29, 1.82) is 0 Å². The van der Waals surface area contributed by atoms with Crippen molar-refractivity contribution in [2.75, 3.05) is 5.32 Å². The van der Waals surface area contributed by atoms with Crippen LogP contribution in [0.25, 0.3) is 0 Å². The van der Waals surface area contributed by atoms with Crippen LogP contribution < -0.4 is 10.9 Å². The topological polar surface area (TPSA) is 51.1 Å². The lowest BCUT2D eigenvalue weighted by atomic mass is 10.2. The standard InChI is InChI=1S/C14H12ClFN2O2/c1-2-18-8-10(4-6-13(18)19)17-14(20)11-7-9(15)3-5-12(11)16/h3-8H,2H2,1H3,(H,17,20). The molecule has 4 nitrogen and oxygen atoms in total. The molecular weight excluding hydrogens is 283 g/mol. The highest BCUT2D eigenvalue weighted by Gasteiger charge is 2.12. The largest absolute Gasteiger partial charge is 0.321 e. The zero-order chi connectivity index (χ0) is 14.7. The van der Waals surface area contributed by atoms with E-state index in [9.17, 15) is 14.0 Å². The lowest BCUT2D eigenvalue weighted by Crippen LogP contribution is -2.20. The maximum absolute atomic E-state index is 13.6. The normalized spacial score (nSPS) is 10.3. The Kier molecular flexibility index (Phi) is 4.20. The van der Waals surface area contributed by atoms with E-state index in [0.29, 0.717) is 12.2 Å². The van der Waals surface area contributed by atoms with Crippen LogP contribution in [0.3, 0.4) is 0 Å². The Morgan fingerprint density at radius 2 is 2.10 bits per heavy atom. The third kappa shape index (κ3) is 3.05. The van der Waals surface area contributed by atoms with Gasteiger partial charge in [-0.15, -0.1) is 0 Å². The van der Waals surface area contributed by atoms with Crippen LogP contribution in [0.1, 0.15) is 17.3 Å². The maximum atomic E-state index is 13.6. The van der Waals surface area contributed by atoms with E-state index >= 15 is 0 Å². The van der Waals surface area contributed by atoms with Gasteiger partial charge in [0.25, 0.3) is 11.5 Å². The molecule has 6 heteroatoms. The summed E-state index contributed by atoms with van der Waals surface area (Å²) in [5.41, 5.74) is 0.0991. The molecule has 0 unspecified atom stereocenters. The predicted octanol–water partition coefficient (Wildman–Crippen LogP) is 2.91. The number of halogens is 2. The van der Waals surface area contributed by atoms with Gasteiger partial charge < -0.3 is 9.88 Å². The van der Waals surface area contributed by atoms with Crippen LogP contribution in [-0.2, 0) is 6.54 Å². The summed E-state index contributed by atoms with van der Waals surface area (Å²) in [4.78, 5) is 23.4. The fraction of sp³-hybridized carbons (Fsp3) is 0.143. The quantitative estimate of drug-likeness (QED) is 0.946. The molecule has 0 bridgehead atoms. The van der Waals surface area contributed by atoms with Crippen molar-refractivity contribution < 1.29 is 9.18 Å². The minimum Gasteiger partial charge on any atom is -0.321 e. The van der Waals surface area contributed by atoms with E-state index in [-0.39, 0.29) is 16.1 Å². The van der Waals surface area contributed by atoms with Crippen molar-refractivity contribution in [2.24, 2.45) is 0 Å². The molecule has 2 aromatic rings. The van der Waals surface area contributed by atoms with Gasteiger partial charge in [-0.3, -0.25) is 9.59 Å². The van der Waals surface area contributed by atoms with Crippen molar-refractivity contribution in [2.45, 2.75) is 13.5 Å². The average Bonchev–Trinajstić information content (AvgIpc) is 2.43. The highest BCUT2D eigenvalue weighted by Crippen LogP contribution is 2.16. The molecule has 0 spiro atoms.